The maximum absolute atomic E-state index is 13.2. The SMILES string of the molecule is Cc1cccc(Cn2cc(NC(=S)Nc3c(C)nn(Cc4ccc(F)cc4)c3C)cn2)c1. The molecule has 164 valence electrons. The standard InChI is InChI=1S/C24H25FN6S/c1-16-5-4-6-20(11-16)13-30-15-22(12-26-30)27-24(32)28-23-17(2)29-31(18(23)3)14-19-7-9-21(25)10-8-19/h4-12,15H,13-14H2,1-3H3,(H2,27,28,32). The molecule has 0 fully saturated rings. The van der Waals surface area contributed by atoms with Crippen molar-refractivity contribution in [2.24, 2.45) is 0 Å². The van der Waals surface area contributed by atoms with E-state index in [0.717, 1.165) is 28.3 Å². The minimum absolute atomic E-state index is 0.247. The molecular formula is C24H25FN6S. The second-order valence-corrected chi connectivity index (χ2v) is 8.23. The Hall–Kier alpha value is -3.52. The van der Waals surface area contributed by atoms with E-state index in [1.54, 1.807) is 18.3 Å². The minimum Gasteiger partial charge on any atom is -0.330 e. The highest BCUT2D eigenvalue weighted by Gasteiger charge is 2.13. The average Bonchev–Trinajstić information content (AvgIpc) is 3.28. The van der Waals surface area contributed by atoms with Crippen molar-refractivity contribution in [3.8, 4) is 0 Å². The molecule has 4 aromatic rings. The fraction of sp³-hybridized carbons (Fsp3) is 0.208. The summed E-state index contributed by atoms with van der Waals surface area (Å²) in [7, 11) is 0. The van der Waals surface area contributed by atoms with Gasteiger partial charge in [0.25, 0.3) is 0 Å². The van der Waals surface area contributed by atoms with Gasteiger partial charge in [-0.1, -0.05) is 42.0 Å². The lowest BCUT2D eigenvalue weighted by atomic mass is 10.1. The lowest BCUT2D eigenvalue weighted by molar-refractivity contribution is 0.622. The van der Waals surface area contributed by atoms with Gasteiger partial charge in [-0.15, -0.1) is 0 Å². The van der Waals surface area contributed by atoms with Gasteiger partial charge < -0.3 is 10.6 Å². The van der Waals surface area contributed by atoms with E-state index in [0.29, 0.717) is 18.2 Å². The second kappa shape index (κ2) is 9.32. The number of halogens is 1. The first-order valence-corrected chi connectivity index (χ1v) is 10.7. The van der Waals surface area contributed by atoms with E-state index >= 15 is 0 Å². The molecule has 2 N–H and O–H groups in total. The van der Waals surface area contributed by atoms with Crippen LogP contribution < -0.4 is 10.6 Å². The van der Waals surface area contributed by atoms with Crippen LogP contribution in [-0.4, -0.2) is 24.7 Å². The maximum atomic E-state index is 13.2. The van der Waals surface area contributed by atoms with Crippen LogP contribution in [0.5, 0.6) is 0 Å². The van der Waals surface area contributed by atoms with Gasteiger partial charge in [-0.05, 0) is 56.2 Å². The number of anilines is 2. The Morgan fingerprint density at radius 3 is 2.53 bits per heavy atom. The summed E-state index contributed by atoms with van der Waals surface area (Å²) in [6.45, 7) is 7.24. The van der Waals surface area contributed by atoms with Crippen molar-refractivity contribution in [3.63, 3.8) is 0 Å². The van der Waals surface area contributed by atoms with E-state index in [1.165, 1.54) is 23.3 Å². The molecule has 0 bridgehead atoms. The molecular weight excluding hydrogens is 423 g/mol. The third-order valence-corrected chi connectivity index (χ3v) is 5.39. The molecule has 2 heterocycles. The molecule has 0 amide bonds. The van der Waals surface area contributed by atoms with Crippen LogP contribution in [0.1, 0.15) is 28.1 Å². The Morgan fingerprint density at radius 2 is 1.78 bits per heavy atom. The summed E-state index contributed by atoms with van der Waals surface area (Å²) in [5.74, 6) is -0.247. The molecule has 4 rings (SSSR count). The van der Waals surface area contributed by atoms with Gasteiger partial charge in [-0.3, -0.25) is 9.36 Å². The lowest BCUT2D eigenvalue weighted by Crippen LogP contribution is -2.19. The number of hydrogen-bond acceptors (Lipinski definition) is 3. The molecule has 2 aromatic carbocycles. The monoisotopic (exact) mass is 448 g/mol. The molecule has 0 aliphatic carbocycles. The normalized spacial score (nSPS) is 10.9. The molecule has 0 saturated carbocycles. The molecule has 8 heteroatoms. The predicted molar refractivity (Wildman–Crippen MR) is 130 cm³/mol. The van der Waals surface area contributed by atoms with E-state index in [4.69, 9.17) is 12.2 Å². The first kappa shape index (κ1) is 21.7. The summed E-state index contributed by atoms with van der Waals surface area (Å²) < 4.78 is 16.9. The average molecular weight is 449 g/mol. The lowest BCUT2D eigenvalue weighted by Gasteiger charge is -2.10. The number of aryl methyl sites for hydroxylation is 2. The number of nitrogens with zero attached hydrogens (tertiary/aromatic N) is 4. The molecule has 0 aliphatic rings. The van der Waals surface area contributed by atoms with E-state index in [9.17, 15) is 4.39 Å². The van der Waals surface area contributed by atoms with Crippen LogP contribution in [0.2, 0.25) is 0 Å². The highest BCUT2D eigenvalue weighted by atomic mass is 32.1. The maximum Gasteiger partial charge on any atom is 0.175 e. The Balaban J connectivity index is 1.39. The predicted octanol–water partition coefficient (Wildman–Crippen LogP) is 5.05. The van der Waals surface area contributed by atoms with Crippen LogP contribution in [0.15, 0.2) is 60.9 Å². The summed E-state index contributed by atoms with van der Waals surface area (Å²) in [5, 5.41) is 15.9. The molecule has 0 saturated heterocycles. The first-order chi connectivity index (χ1) is 15.4. The summed E-state index contributed by atoms with van der Waals surface area (Å²) in [6, 6.07) is 14.8. The van der Waals surface area contributed by atoms with Crippen molar-refractivity contribution >= 4 is 28.7 Å². The van der Waals surface area contributed by atoms with E-state index in [2.05, 4.69) is 46.0 Å². The molecule has 32 heavy (non-hydrogen) atoms. The van der Waals surface area contributed by atoms with Crippen molar-refractivity contribution in [2.75, 3.05) is 10.6 Å². The van der Waals surface area contributed by atoms with Gasteiger partial charge in [0, 0.05) is 6.20 Å². The number of hydrogen-bond donors (Lipinski definition) is 2. The second-order valence-electron chi connectivity index (χ2n) is 7.82. The molecule has 0 radical (unpaired) electrons. The zero-order chi connectivity index (χ0) is 22.7. The van der Waals surface area contributed by atoms with Crippen molar-refractivity contribution in [1.29, 1.82) is 0 Å². The van der Waals surface area contributed by atoms with Crippen molar-refractivity contribution in [3.05, 3.63) is 94.8 Å². The quantitative estimate of drug-likeness (QED) is 0.404. The van der Waals surface area contributed by atoms with Gasteiger partial charge >= 0.3 is 0 Å². The molecule has 2 aromatic heterocycles. The van der Waals surface area contributed by atoms with Crippen molar-refractivity contribution in [1.82, 2.24) is 19.6 Å². The van der Waals surface area contributed by atoms with Gasteiger partial charge in [0.15, 0.2) is 5.11 Å². The zero-order valence-electron chi connectivity index (χ0n) is 18.3. The van der Waals surface area contributed by atoms with Crippen molar-refractivity contribution < 1.29 is 4.39 Å². The molecule has 0 atom stereocenters. The van der Waals surface area contributed by atoms with Crippen LogP contribution in [0.3, 0.4) is 0 Å². The van der Waals surface area contributed by atoms with E-state index in [-0.39, 0.29) is 5.82 Å². The third-order valence-electron chi connectivity index (χ3n) is 5.18. The summed E-state index contributed by atoms with van der Waals surface area (Å²) in [4.78, 5) is 0. The number of aromatic nitrogens is 4. The van der Waals surface area contributed by atoms with Gasteiger partial charge in [-0.2, -0.15) is 10.2 Å². The highest BCUT2D eigenvalue weighted by molar-refractivity contribution is 7.80. The van der Waals surface area contributed by atoms with Gasteiger partial charge in [0.1, 0.15) is 5.82 Å². The van der Waals surface area contributed by atoms with Crippen LogP contribution in [-0.2, 0) is 13.1 Å². The third kappa shape index (κ3) is 5.20. The van der Waals surface area contributed by atoms with E-state index in [1.807, 2.05) is 35.5 Å². The fourth-order valence-corrected chi connectivity index (χ4v) is 3.80. The Kier molecular flexibility index (Phi) is 6.32. The topological polar surface area (TPSA) is 59.7 Å². The van der Waals surface area contributed by atoms with Gasteiger partial charge in [0.2, 0.25) is 0 Å². The van der Waals surface area contributed by atoms with E-state index < -0.39 is 0 Å². The first-order valence-electron chi connectivity index (χ1n) is 10.3. The minimum atomic E-state index is -0.247. The van der Waals surface area contributed by atoms with Crippen LogP contribution in [0, 0.1) is 26.6 Å². The number of thiocarbonyl (C=S) groups is 1. The number of benzene rings is 2. The van der Waals surface area contributed by atoms with Crippen LogP contribution in [0.25, 0.3) is 0 Å². The fourth-order valence-electron chi connectivity index (χ4n) is 3.58. The molecule has 0 unspecified atom stereocenters. The molecule has 6 nitrogen and oxygen atoms in total. The molecule has 0 aliphatic heterocycles. The summed E-state index contributed by atoms with van der Waals surface area (Å²) >= 11 is 5.51. The summed E-state index contributed by atoms with van der Waals surface area (Å²) in [5.41, 5.74) is 6.85. The van der Waals surface area contributed by atoms with Crippen LogP contribution >= 0.6 is 12.2 Å². The van der Waals surface area contributed by atoms with Crippen molar-refractivity contribution in [2.45, 2.75) is 33.9 Å². The number of nitrogens with one attached hydrogen (secondary N) is 2. The Labute approximate surface area is 192 Å². The van der Waals surface area contributed by atoms with Gasteiger partial charge in [-0.25, -0.2) is 4.39 Å². The summed E-state index contributed by atoms with van der Waals surface area (Å²) in [6.07, 6.45) is 3.68. The zero-order valence-corrected chi connectivity index (χ0v) is 19.1. The molecule has 0 spiro atoms. The smallest absolute Gasteiger partial charge is 0.175 e. The number of rotatable bonds is 6. The Morgan fingerprint density at radius 1 is 1.00 bits per heavy atom. The highest BCUT2D eigenvalue weighted by Crippen LogP contribution is 2.21. The Bertz CT molecular complexity index is 1240. The largest absolute Gasteiger partial charge is 0.330 e. The van der Waals surface area contributed by atoms with Gasteiger partial charge in [0.05, 0.1) is 42.0 Å². The van der Waals surface area contributed by atoms with Crippen LogP contribution in [0.4, 0.5) is 15.8 Å².